The van der Waals surface area contributed by atoms with Gasteiger partial charge in [0.15, 0.2) is 10.9 Å². The minimum atomic E-state index is 0.269. The molecular formula is C10H13BrN4OS. The third-order valence-electron chi connectivity index (χ3n) is 2.38. The zero-order valence-corrected chi connectivity index (χ0v) is 11.6. The summed E-state index contributed by atoms with van der Waals surface area (Å²) in [6, 6.07) is 0. The number of halogens is 1. The van der Waals surface area contributed by atoms with Gasteiger partial charge in [0, 0.05) is 13.2 Å². The molecule has 0 aliphatic carbocycles. The van der Waals surface area contributed by atoms with Gasteiger partial charge in [-0.05, 0) is 41.0 Å². The molecule has 1 fully saturated rings. The van der Waals surface area contributed by atoms with Crippen molar-refractivity contribution >= 4 is 39.1 Å². The van der Waals surface area contributed by atoms with E-state index >= 15 is 0 Å². The smallest absolute Gasteiger partial charge is 0.172 e. The van der Waals surface area contributed by atoms with E-state index in [1.54, 1.807) is 12.4 Å². The first-order chi connectivity index (χ1) is 8.24. The molecule has 0 amide bonds. The third kappa shape index (κ3) is 4.18. The Morgan fingerprint density at radius 3 is 3.06 bits per heavy atom. The second kappa shape index (κ2) is 6.23. The van der Waals surface area contributed by atoms with Crippen molar-refractivity contribution < 1.29 is 4.74 Å². The minimum absolute atomic E-state index is 0.269. The quantitative estimate of drug-likeness (QED) is 0.828. The highest BCUT2D eigenvalue weighted by Gasteiger charge is 2.15. The number of hydrogen-bond donors (Lipinski definition) is 2. The lowest BCUT2D eigenvalue weighted by molar-refractivity contribution is 0.114. The Morgan fingerprint density at radius 1 is 1.53 bits per heavy atom. The first-order valence-electron chi connectivity index (χ1n) is 5.38. The van der Waals surface area contributed by atoms with Gasteiger partial charge in [0.05, 0.1) is 18.5 Å². The fourth-order valence-corrected chi connectivity index (χ4v) is 1.94. The summed E-state index contributed by atoms with van der Waals surface area (Å²) in [5, 5.41) is 6.61. The topological polar surface area (TPSA) is 59.1 Å². The van der Waals surface area contributed by atoms with E-state index in [0.29, 0.717) is 15.5 Å². The molecule has 1 aromatic heterocycles. The van der Waals surface area contributed by atoms with Crippen LogP contribution in [0.15, 0.2) is 17.0 Å². The Balaban J connectivity index is 1.74. The monoisotopic (exact) mass is 316 g/mol. The number of aromatic nitrogens is 2. The summed E-state index contributed by atoms with van der Waals surface area (Å²) in [7, 11) is 0. The van der Waals surface area contributed by atoms with E-state index in [-0.39, 0.29) is 6.10 Å². The molecule has 0 saturated carbocycles. The second-order valence-corrected chi connectivity index (χ2v) is 4.92. The summed E-state index contributed by atoms with van der Waals surface area (Å²) < 4.78 is 6.18. The molecule has 1 aliphatic rings. The highest BCUT2D eigenvalue weighted by molar-refractivity contribution is 9.10. The summed E-state index contributed by atoms with van der Waals surface area (Å²) >= 11 is 8.37. The van der Waals surface area contributed by atoms with Gasteiger partial charge >= 0.3 is 0 Å². The van der Waals surface area contributed by atoms with Gasteiger partial charge in [-0.15, -0.1) is 0 Å². The maximum atomic E-state index is 5.49. The van der Waals surface area contributed by atoms with Crippen LogP contribution < -0.4 is 10.6 Å². The standard InChI is InChI=1S/C10H13BrN4OS/c11-8-5-13-9(6-12-8)15-10(17)14-4-7-2-1-3-16-7/h5-7H,1-4H2,(H2,13,14,15,17)/t7-/m1/s1. The van der Waals surface area contributed by atoms with Crippen LogP contribution in [0.25, 0.3) is 0 Å². The number of hydrogen-bond acceptors (Lipinski definition) is 4. The predicted molar refractivity (Wildman–Crippen MR) is 72.9 cm³/mol. The summed E-state index contributed by atoms with van der Waals surface area (Å²) in [6.45, 7) is 1.58. The molecule has 0 aromatic carbocycles. The number of rotatable bonds is 3. The zero-order valence-electron chi connectivity index (χ0n) is 9.15. The molecule has 0 bridgehead atoms. The summed E-state index contributed by atoms with van der Waals surface area (Å²) in [4.78, 5) is 8.17. The van der Waals surface area contributed by atoms with Crippen molar-refractivity contribution in [1.29, 1.82) is 0 Å². The van der Waals surface area contributed by atoms with Crippen LogP contribution in [-0.2, 0) is 4.74 Å². The molecule has 1 atom stereocenters. The molecule has 2 rings (SSSR count). The molecule has 1 saturated heterocycles. The van der Waals surface area contributed by atoms with E-state index in [0.717, 1.165) is 26.0 Å². The van der Waals surface area contributed by atoms with Gasteiger partial charge in [-0.25, -0.2) is 9.97 Å². The van der Waals surface area contributed by atoms with Crippen molar-refractivity contribution in [2.24, 2.45) is 0 Å². The molecule has 5 nitrogen and oxygen atoms in total. The maximum Gasteiger partial charge on any atom is 0.172 e. The third-order valence-corrected chi connectivity index (χ3v) is 3.03. The molecule has 7 heteroatoms. The number of nitrogens with zero attached hydrogens (tertiary/aromatic N) is 2. The Morgan fingerprint density at radius 2 is 2.41 bits per heavy atom. The lowest BCUT2D eigenvalue weighted by Gasteiger charge is -2.13. The fourth-order valence-electron chi connectivity index (χ4n) is 1.55. The fraction of sp³-hybridized carbons (Fsp3) is 0.500. The van der Waals surface area contributed by atoms with Crippen molar-refractivity contribution in [3.8, 4) is 0 Å². The van der Waals surface area contributed by atoms with Crippen LogP contribution in [-0.4, -0.2) is 34.3 Å². The van der Waals surface area contributed by atoms with Crippen LogP contribution in [0.2, 0.25) is 0 Å². The van der Waals surface area contributed by atoms with Crippen LogP contribution in [0.1, 0.15) is 12.8 Å². The maximum absolute atomic E-state index is 5.49. The molecule has 0 spiro atoms. The van der Waals surface area contributed by atoms with E-state index in [1.165, 1.54) is 0 Å². The van der Waals surface area contributed by atoms with Crippen molar-refractivity contribution in [3.05, 3.63) is 17.0 Å². The van der Waals surface area contributed by atoms with Crippen LogP contribution in [0, 0.1) is 0 Å². The van der Waals surface area contributed by atoms with Crippen LogP contribution >= 0.6 is 28.1 Å². The first kappa shape index (κ1) is 12.7. The second-order valence-electron chi connectivity index (χ2n) is 3.69. The van der Waals surface area contributed by atoms with Crippen molar-refractivity contribution in [2.45, 2.75) is 18.9 Å². The van der Waals surface area contributed by atoms with Gasteiger partial charge in [0.2, 0.25) is 0 Å². The number of ether oxygens (including phenoxy) is 1. The molecule has 17 heavy (non-hydrogen) atoms. The molecular weight excluding hydrogens is 304 g/mol. The van der Waals surface area contributed by atoms with Gasteiger partial charge < -0.3 is 15.4 Å². The number of nitrogens with one attached hydrogen (secondary N) is 2. The summed E-state index contributed by atoms with van der Waals surface area (Å²) in [6.07, 6.45) is 5.72. The summed E-state index contributed by atoms with van der Waals surface area (Å²) in [5.74, 6) is 0.623. The Kier molecular flexibility index (Phi) is 4.64. The van der Waals surface area contributed by atoms with E-state index in [2.05, 4.69) is 36.5 Å². The Hall–Kier alpha value is -0.790. The van der Waals surface area contributed by atoms with E-state index in [4.69, 9.17) is 17.0 Å². The number of thiocarbonyl (C=S) groups is 1. The van der Waals surface area contributed by atoms with Crippen molar-refractivity contribution in [1.82, 2.24) is 15.3 Å². The normalized spacial score (nSPS) is 19.0. The molecule has 2 N–H and O–H groups in total. The molecule has 2 heterocycles. The largest absolute Gasteiger partial charge is 0.376 e. The van der Waals surface area contributed by atoms with Gasteiger partial charge in [0.1, 0.15) is 4.60 Å². The SMILES string of the molecule is S=C(NC[C@H]1CCCO1)Nc1cnc(Br)cn1. The molecule has 1 aliphatic heterocycles. The van der Waals surface area contributed by atoms with E-state index < -0.39 is 0 Å². The Bertz CT molecular complexity index is 380. The summed E-state index contributed by atoms with van der Waals surface area (Å²) in [5.41, 5.74) is 0. The minimum Gasteiger partial charge on any atom is -0.376 e. The lowest BCUT2D eigenvalue weighted by Crippen LogP contribution is -2.35. The van der Waals surface area contributed by atoms with Crippen LogP contribution in [0.4, 0.5) is 5.82 Å². The van der Waals surface area contributed by atoms with E-state index in [1.807, 2.05) is 0 Å². The van der Waals surface area contributed by atoms with Gasteiger partial charge in [-0.1, -0.05) is 0 Å². The van der Waals surface area contributed by atoms with Gasteiger partial charge in [-0.3, -0.25) is 0 Å². The lowest BCUT2D eigenvalue weighted by atomic mass is 10.2. The van der Waals surface area contributed by atoms with E-state index in [9.17, 15) is 0 Å². The highest BCUT2D eigenvalue weighted by atomic mass is 79.9. The highest BCUT2D eigenvalue weighted by Crippen LogP contribution is 2.10. The van der Waals surface area contributed by atoms with Crippen molar-refractivity contribution in [3.63, 3.8) is 0 Å². The molecule has 0 unspecified atom stereocenters. The number of anilines is 1. The molecule has 92 valence electrons. The first-order valence-corrected chi connectivity index (χ1v) is 6.58. The predicted octanol–water partition coefficient (Wildman–Crippen LogP) is 1.70. The van der Waals surface area contributed by atoms with Gasteiger partial charge in [-0.2, -0.15) is 0 Å². The van der Waals surface area contributed by atoms with Gasteiger partial charge in [0.25, 0.3) is 0 Å². The molecule has 1 aromatic rings. The zero-order chi connectivity index (χ0) is 12.1. The van der Waals surface area contributed by atoms with Crippen LogP contribution in [0.5, 0.6) is 0 Å². The Labute approximate surface area is 113 Å². The van der Waals surface area contributed by atoms with Crippen LogP contribution in [0.3, 0.4) is 0 Å². The molecule has 0 radical (unpaired) electrons. The average Bonchev–Trinajstić information content (AvgIpc) is 2.83. The average molecular weight is 317 g/mol. The van der Waals surface area contributed by atoms with Crippen molar-refractivity contribution in [2.75, 3.05) is 18.5 Å².